The third-order valence-corrected chi connectivity index (χ3v) is 3.77. The maximum Gasteiger partial charge on any atom is 0.334 e. The van der Waals surface area contributed by atoms with Gasteiger partial charge in [0.2, 0.25) is 0 Å². The van der Waals surface area contributed by atoms with E-state index in [1.165, 1.54) is 0 Å². The summed E-state index contributed by atoms with van der Waals surface area (Å²) in [4.78, 5) is 26.6. The van der Waals surface area contributed by atoms with Gasteiger partial charge in [0.15, 0.2) is 0 Å². The average Bonchev–Trinajstić information content (AvgIpc) is 2.37. The van der Waals surface area contributed by atoms with Crippen molar-refractivity contribution in [1.29, 1.82) is 0 Å². The van der Waals surface area contributed by atoms with E-state index in [0.29, 0.717) is 17.0 Å². The highest BCUT2D eigenvalue weighted by Crippen LogP contribution is 2.37. The molecule has 1 aliphatic heterocycles. The normalized spacial score (nSPS) is 22.0. The summed E-state index contributed by atoms with van der Waals surface area (Å²) in [6.07, 6.45) is 0. The van der Waals surface area contributed by atoms with Crippen molar-refractivity contribution in [1.82, 2.24) is 0 Å². The number of benzene rings is 1. The minimum atomic E-state index is -1.16. The van der Waals surface area contributed by atoms with Crippen LogP contribution in [0.3, 0.4) is 0 Å². The predicted octanol–water partition coefficient (Wildman–Crippen LogP) is 2.56. The lowest BCUT2D eigenvalue weighted by Gasteiger charge is -2.27. The quantitative estimate of drug-likeness (QED) is 0.683. The van der Waals surface area contributed by atoms with Crippen LogP contribution in [0.25, 0.3) is 0 Å². The highest BCUT2D eigenvalue weighted by molar-refractivity contribution is 5.97. The number of hydrogen-bond acceptors (Lipinski definition) is 4. The molecule has 21 heavy (non-hydrogen) atoms. The van der Waals surface area contributed by atoms with Crippen LogP contribution in [0.2, 0.25) is 0 Å². The van der Waals surface area contributed by atoms with Gasteiger partial charge in [-0.1, -0.05) is 24.3 Å². The molecule has 1 aromatic carbocycles. The first-order chi connectivity index (χ1) is 9.84. The molecule has 0 aromatic heterocycles. The molecule has 2 unspecified atom stereocenters. The maximum absolute atomic E-state index is 11.6. The number of aryl methyl sites for hydroxylation is 1. The van der Waals surface area contributed by atoms with Crippen molar-refractivity contribution in [3.05, 3.63) is 56.8 Å². The van der Waals surface area contributed by atoms with Gasteiger partial charge in [-0.3, -0.25) is 15.1 Å². The third kappa shape index (κ3) is 2.56. The average molecular weight is 288 g/mol. The molecule has 0 radical (unpaired) electrons. The number of carbonyl (C=O) groups is 1. The van der Waals surface area contributed by atoms with Gasteiger partial charge in [0, 0.05) is 10.6 Å². The Bertz CT molecular complexity index is 676. The molecule has 0 amide bonds. The van der Waals surface area contributed by atoms with E-state index in [1.54, 1.807) is 26.0 Å². The second-order valence-corrected chi connectivity index (χ2v) is 5.12. The Balaban J connectivity index is 2.72. The van der Waals surface area contributed by atoms with Crippen molar-refractivity contribution in [2.24, 2.45) is 4.99 Å². The molecule has 0 saturated carbocycles. The number of nitrogens with zero attached hydrogens (tertiary/aromatic N) is 2. The Labute approximate surface area is 122 Å². The van der Waals surface area contributed by atoms with E-state index in [2.05, 4.69) is 4.99 Å². The first-order valence-electron chi connectivity index (χ1n) is 6.53. The van der Waals surface area contributed by atoms with Gasteiger partial charge in [-0.2, -0.15) is 0 Å². The fraction of sp³-hybridized carbons (Fsp3) is 0.333. The van der Waals surface area contributed by atoms with Gasteiger partial charge in [-0.05, 0) is 31.9 Å². The molecule has 0 aliphatic carbocycles. The summed E-state index contributed by atoms with van der Waals surface area (Å²) in [6.45, 7) is 4.97. The summed E-state index contributed by atoms with van der Waals surface area (Å²) in [6, 6.07) is 5.99. The zero-order chi connectivity index (χ0) is 15.7. The van der Waals surface area contributed by atoms with Gasteiger partial charge in [0.25, 0.3) is 6.04 Å². The van der Waals surface area contributed by atoms with Gasteiger partial charge in [0.05, 0.1) is 17.2 Å². The molecule has 6 heteroatoms. The zero-order valence-electron chi connectivity index (χ0n) is 12.0. The summed E-state index contributed by atoms with van der Waals surface area (Å²) in [7, 11) is 0. The molecule has 0 spiro atoms. The van der Waals surface area contributed by atoms with Crippen LogP contribution in [0, 0.1) is 17.0 Å². The lowest BCUT2D eigenvalue weighted by Crippen LogP contribution is -2.39. The standard InChI is InChI=1S/C15H16N2O4/c1-8-6-4-5-7-11(8)13-12(15(18)19)9(2)16-10(3)14(13)17(20)21/h4-7,13-14H,1-3H3,(H,18,19). The van der Waals surface area contributed by atoms with Crippen molar-refractivity contribution >= 4 is 11.7 Å². The fourth-order valence-corrected chi connectivity index (χ4v) is 2.84. The molecule has 1 heterocycles. The molecule has 0 bridgehead atoms. The molecule has 2 rings (SSSR count). The number of aliphatic carboxylic acids is 1. The van der Waals surface area contributed by atoms with Gasteiger partial charge in [-0.25, -0.2) is 4.79 Å². The molecule has 1 N–H and O–H groups in total. The van der Waals surface area contributed by atoms with Crippen LogP contribution in [0.5, 0.6) is 0 Å². The van der Waals surface area contributed by atoms with Crippen molar-refractivity contribution < 1.29 is 14.8 Å². The number of carboxylic acids is 1. The van der Waals surface area contributed by atoms with Crippen LogP contribution in [-0.4, -0.2) is 27.8 Å². The Hall–Kier alpha value is -2.50. The molecule has 1 aliphatic rings. The number of hydrogen-bond donors (Lipinski definition) is 1. The lowest BCUT2D eigenvalue weighted by atomic mass is 9.79. The molecule has 0 fully saturated rings. The minimum absolute atomic E-state index is 0.00315. The number of allylic oxidation sites excluding steroid dienone is 1. The van der Waals surface area contributed by atoms with Crippen molar-refractivity contribution in [2.75, 3.05) is 0 Å². The summed E-state index contributed by atoms with van der Waals surface area (Å²) >= 11 is 0. The van der Waals surface area contributed by atoms with Crippen molar-refractivity contribution in [2.45, 2.75) is 32.7 Å². The van der Waals surface area contributed by atoms with Crippen LogP contribution >= 0.6 is 0 Å². The van der Waals surface area contributed by atoms with Crippen LogP contribution in [0.1, 0.15) is 30.9 Å². The second-order valence-electron chi connectivity index (χ2n) is 5.12. The van der Waals surface area contributed by atoms with Crippen LogP contribution in [-0.2, 0) is 4.79 Å². The number of carboxylic acid groups (broad SMARTS) is 1. The zero-order valence-corrected chi connectivity index (χ0v) is 12.0. The van der Waals surface area contributed by atoms with E-state index in [-0.39, 0.29) is 5.57 Å². The number of nitro groups is 1. The van der Waals surface area contributed by atoms with Gasteiger partial charge >= 0.3 is 5.97 Å². The Morgan fingerprint density at radius 3 is 2.43 bits per heavy atom. The van der Waals surface area contributed by atoms with E-state index in [4.69, 9.17) is 0 Å². The first kappa shape index (κ1) is 14.9. The largest absolute Gasteiger partial charge is 0.478 e. The van der Waals surface area contributed by atoms with Crippen LogP contribution in [0.15, 0.2) is 40.5 Å². The predicted molar refractivity (Wildman–Crippen MR) is 78.1 cm³/mol. The van der Waals surface area contributed by atoms with Gasteiger partial charge in [-0.15, -0.1) is 0 Å². The summed E-state index contributed by atoms with van der Waals surface area (Å²) in [5, 5.41) is 20.9. The summed E-state index contributed by atoms with van der Waals surface area (Å²) in [5.74, 6) is -1.99. The Morgan fingerprint density at radius 1 is 1.29 bits per heavy atom. The molecule has 6 nitrogen and oxygen atoms in total. The van der Waals surface area contributed by atoms with E-state index >= 15 is 0 Å². The molecular formula is C15H16N2O4. The van der Waals surface area contributed by atoms with E-state index in [0.717, 1.165) is 5.56 Å². The SMILES string of the molecule is CC1=NC(C)=C(C(=O)O)C(c2ccccc2C)C1[N+](=O)[O-]. The Morgan fingerprint density at radius 2 is 1.90 bits per heavy atom. The number of aliphatic imine (C=N–C) groups is 1. The van der Waals surface area contributed by atoms with Crippen LogP contribution < -0.4 is 0 Å². The minimum Gasteiger partial charge on any atom is -0.478 e. The topological polar surface area (TPSA) is 92.8 Å². The Kier molecular flexibility index (Phi) is 3.88. The monoisotopic (exact) mass is 288 g/mol. The van der Waals surface area contributed by atoms with Gasteiger partial charge < -0.3 is 5.11 Å². The van der Waals surface area contributed by atoms with E-state index in [1.807, 2.05) is 19.1 Å². The van der Waals surface area contributed by atoms with Gasteiger partial charge in [0.1, 0.15) is 0 Å². The van der Waals surface area contributed by atoms with Crippen molar-refractivity contribution in [3.8, 4) is 0 Å². The summed E-state index contributed by atoms with van der Waals surface area (Å²) in [5.41, 5.74) is 2.14. The fourth-order valence-electron chi connectivity index (χ4n) is 2.84. The third-order valence-electron chi connectivity index (χ3n) is 3.77. The van der Waals surface area contributed by atoms with E-state index < -0.39 is 22.9 Å². The lowest BCUT2D eigenvalue weighted by molar-refractivity contribution is -0.505. The molecule has 0 saturated heterocycles. The second kappa shape index (κ2) is 5.47. The first-order valence-corrected chi connectivity index (χ1v) is 6.53. The summed E-state index contributed by atoms with van der Waals surface area (Å²) < 4.78 is 0. The smallest absolute Gasteiger partial charge is 0.334 e. The maximum atomic E-state index is 11.6. The number of rotatable bonds is 3. The van der Waals surface area contributed by atoms with Crippen molar-refractivity contribution in [3.63, 3.8) is 0 Å². The molecule has 1 aromatic rings. The molecule has 2 atom stereocenters. The highest BCUT2D eigenvalue weighted by atomic mass is 16.6. The molecule has 110 valence electrons. The van der Waals surface area contributed by atoms with Crippen LogP contribution in [0.4, 0.5) is 0 Å². The molecular weight excluding hydrogens is 272 g/mol. The van der Waals surface area contributed by atoms with E-state index in [9.17, 15) is 20.0 Å². The highest BCUT2D eigenvalue weighted by Gasteiger charge is 2.44.